The van der Waals surface area contributed by atoms with Crippen molar-refractivity contribution in [2.75, 3.05) is 18.5 Å². The molecule has 0 radical (unpaired) electrons. The van der Waals surface area contributed by atoms with Crippen LogP contribution < -0.4 is 15.4 Å². The molecule has 2 aromatic carbocycles. The number of hydrogen-bond donors (Lipinski definition) is 2. The summed E-state index contributed by atoms with van der Waals surface area (Å²) in [5, 5.41) is 5.28. The van der Waals surface area contributed by atoms with Crippen LogP contribution in [-0.2, 0) is 4.79 Å². The molecule has 0 saturated heterocycles. The standard InChI is InChI=1S/C17H16BrFN2O3/c1-2-20-16(22)10-24-15-5-3-4-14(9-15)21-17(23)11-6-12(18)8-13(19)7-11/h3-9H,2,10H2,1H3,(H,20,22)(H,21,23). The number of nitrogens with one attached hydrogen (secondary N) is 2. The summed E-state index contributed by atoms with van der Waals surface area (Å²) in [5.41, 5.74) is 0.671. The molecule has 0 atom stereocenters. The molecule has 2 amide bonds. The third-order valence-electron chi connectivity index (χ3n) is 2.96. The van der Waals surface area contributed by atoms with Crippen LogP contribution in [0.25, 0.3) is 0 Å². The lowest BCUT2D eigenvalue weighted by Crippen LogP contribution is -2.28. The first-order chi connectivity index (χ1) is 11.5. The van der Waals surface area contributed by atoms with E-state index in [1.165, 1.54) is 12.1 Å². The zero-order chi connectivity index (χ0) is 17.5. The molecular weight excluding hydrogens is 379 g/mol. The van der Waals surface area contributed by atoms with Crippen molar-refractivity contribution in [1.82, 2.24) is 5.32 Å². The van der Waals surface area contributed by atoms with Gasteiger partial charge >= 0.3 is 0 Å². The molecule has 0 aromatic heterocycles. The molecule has 2 N–H and O–H groups in total. The first kappa shape index (κ1) is 17.9. The summed E-state index contributed by atoms with van der Waals surface area (Å²) in [4.78, 5) is 23.6. The highest BCUT2D eigenvalue weighted by Crippen LogP contribution is 2.20. The predicted molar refractivity (Wildman–Crippen MR) is 92.7 cm³/mol. The summed E-state index contributed by atoms with van der Waals surface area (Å²) < 4.78 is 19.2. The van der Waals surface area contributed by atoms with E-state index in [0.29, 0.717) is 22.5 Å². The topological polar surface area (TPSA) is 67.4 Å². The van der Waals surface area contributed by atoms with Crippen LogP contribution >= 0.6 is 15.9 Å². The van der Waals surface area contributed by atoms with Crippen LogP contribution in [0.2, 0.25) is 0 Å². The highest BCUT2D eigenvalue weighted by atomic mass is 79.9. The largest absolute Gasteiger partial charge is 0.484 e. The van der Waals surface area contributed by atoms with Gasteiger partial charge in [-0.25, -0.2) is 4.39 Å². The minimum Gasteiger partial charge on any atom is -0.484 e. The second-order valence-electron chi connectivity index (χ2n) is 4.88. The second kappa shape index (κ2) is 8.44. The number of benzene rings is 2. The summed E-state index contributed by atoms with van der Waals surface area (Å²) in [5.74, 6) is -0.736. The van der Waals surface area contributed by atoms with E-state index in [1.807, 2.05) is 6.92 Å². The third kappa shape index (κ3) is 5.34. The van der Waals surface area contributed by atoms with Gasteiger partial charge in [-0.3, -0.25) is 9.59 Å². The van der Waals surface area contributed by atoms with Crippen LogP contribution in [0.15, 0.2) is 46.9 Å². The van der Waals surface area contributed by atoms with E-state index < -0.39 is 11.7 Å². The highest BCUT2D eigenvalue weighted by Gasteiger charge is 2.09. The minimum absolute atomic E-state index is 0.109. The number of hydrogen-bond acceptors (Lipinski definition) is 3. The Morgan fingerprint density at radius 2 is 2.00 bits per heavy atom. The van der Waals surface area contributed by atoms with Crippen molar-refractivity contribution in [3.05, 3.63) is 58.3 Å². The van der Waals surface area contributed by atoms with Gasteiger partial charge in [-0.2, -0.15) is 0 Å². The summed E-state index contributed by atoms with van der Waals surface area (Å²) in [6.45, 7) is 2.24. The zero-order valence-electron chi connectivity index (χ0n) is 12.9. The summed E-state index contributed by atoms with van der Waals surface area (Å²) >= 11 is 3.15. The summed E-state index contributed by atoms with van der Waals surface area (Å²) in [6.07, 6.45) is 0. The molecule has 0 unspecified atom stereocenters. The second-order valence-corrected chi connectivity index (χ2v) is 5.80. The number of ether oxygens (including phenoxy) is 1. The Morgan fingerprint density at radius 3 is 2.71 bits per heavy atom. The number of carbonyl (C=O) groups excluding carboxylic acids is 2. The van der Waals surface area contributed by atoms with Gasteiger partial charge in [0.05, 0.1) is 0 Å². The molecule has 7 heteroatoms. The lowest BCUT2D eigenvalue weighted by Gasteiger charge is -2.09. The smallest absolute Gasteiger partial charge is 0.257 e. The number of amides is 2. The van der Waals surface area contributed by atoms with E-state index in [1.54, 1.807) is 24.3 Å². The molecule has 0 aliphatic carbocycles. The molecule has 0 heterocycles. The average Bonchev–Trinajstić information content (AvgIpc) is 2.53. The molecule has 2 aromatic rings. The van der Waals surface area contributed by atoms with E-state index in [-0.39, 0.29) is 18.1 Å². The van der Waals surface area contributed by atoms with E-state index in [4.69, 9.17) is 4.74 Å². The Kier molecular flexibility index (Phi) is 6.31. The van der Waals surface area contributed by atoms with Gasteiger partial charge in [-0.1, -0.05) is 22.0 Å². The normalized spacial score (nSPS) is 10.1. The maximum Gasteiger partial charge on any atom is 0.257 e. The number of rotatable bonds is 6. The molecule has 0 fully saturated rings. The van der Waals surface area contributed by atoms with Crippen molar-refractivity contribution >= 4 is 33.4 Å². The van der Waals surface area contributed by atoms with Gasteiger partial charge in [0, 0.05) is 28.3 Å². The molecule has 2 rings (SSSR count). The van der Waals surface area contributed by atoms with Gasteiger partial charge in [0.15, 0.2) is 6.61 Å². The lowest BCUT2D eigenvalue weighted by molar-refractivity contribution is -0.122. The Morgan fingerprint density at radius 1 is 1.21 bits per heavy atom. The fraction of sp³-hybridized carbons (Fsp3) is 0.176. The van der Waals surface area contributed by atoms with Crippen LogP contribution in [0.1, 0.15) is 17.3 Å². The average molecular weight is 395 g/mol. The Balaban J connectivity index is 2.03. The van der Waals surface area contributed by atoms with Crippen molar-refractivity contribution in [2.24, 2.45) is 0 Å². The van der Waals surface area contributed by atoms with Crippen LogP contribution in [0.3, 0.4) is 0 Å². The van der Waals surface area contributed by atoms with Crippen molar-refractivity contribution < 1.29 is 18.7 Å². The van der Waals surface area contributed by atoms with Crippen molar-refractivity contribution in [3.8, 4) is 5.75 Å². The van der Waals surface area contributed by atoms with E-state index >= 15 is 0 Å². The van der Waals surface area contributed by atoms with Crippen LogP contribution in [-0.4, -0.2) is 25.0 Å². The molecular formula is C17H16BrFN2O3. The highest BCUT2D eigenvalue weighted by molar-refractivity contribution is 9.10. The summed E-state index contributed by atoms with van der Waals surface area (Å²) in [6, 6.07) is 10.6. The molecule has 0 saturated carbocycles. The van der Waals surface area contributed by atoms with E-state index in [2.05, 4.69) is 26.6 Å². The minimum atomic E-state index is -0.506. The van der Waals surface area contributed by atoms with Crippen LogP contribution in [0.4, 0.5) is 10.1 Å². The Bertz CT molecular complexity index is 732. The predicted octanol–water partition coefficient (Wildman–Crippen LogP) is 3.36. The monoisotopic (exact) mass is 394 g/mol. The molecule has 24 heavy (non-hydrogen) atoms. The van der Waals surface area contributed by atoms with Crippen molar-refractivity contribution in [2.45, 2.75) is 6.92 Å². The van der Waals surface area contributed by atoms with Gasteiger partial charge in [0.2, 0.25) is 0 Å². The maximum atomic E-state index is 13.4. The molecule has 0 aliphatic heterocycles. The van der Waals surface area contributed by atoms with Gasteiger partial charge in [-0.05, 0) is 37.3 Å². The van der Waals surface area contributed by atoms with Crippen molar-refractivity contribution in [3.63, 3.8) is 0 Å². The van der Waals surface area contributed by atoms with E-state index in [0.717, 1.165) is 6.07 Å². The fourth-order valence-electron chi connectivity index (χ4n) is 1.95. The fourth-order valence-corrected chi connectivity index (χ4v) is 2.41. The van der Waals surface area contributed by atoms with E-state index in [9.17, 15) is 14.0 Å². The van der Waals surface area contributed by atoms with Gasteiger partial charge < -0.3 is 15.4 Å². The van der Waals surface area contributed by atoms with Crippen molar-refractivity contribution in [1.29, 1.82) is 0 Å². The number of anilines is 1. The Hall–Kier alpha value is -2.41. The molecule has 0 spiro atoms. The number of carbonyl (C=O) groups is 2. The molecule has 0 bridgehead atoms. The number of likely N-dealkylation sites (N-methyl/N-ethyl adjacent to an activating group) is 1. The summed E-state index contributed by atoms with van der Waals surface area (Å²) in [7, 11) is 0. The number of halogens is 2. The third-order valence-corrected chi connectivity index (χ3v) is 3.42. The van der Waals surface area contributed by atoms with Gasteiger partial charge in [0.1, 0.15) is 11.6 Å². The first-order valence-electron chi connectivity index (χ1n) is 7.25. The van der Waals surface area contributed by atoms with Gasteiger partial charge in [0.25, 0.3) is 11.8 Å². The lowest BCUT2D eigenvalue weighted by atomic mass is 10.2. The Labute approximate surface area is 147 Å². The zero-order valence-corrected chi connectivity index (χ0v) is 14.5. The first-order valence-corrected chi connectivity index (χ1v) is 8.04. The SMILES string of the molecule is CCNC(=O)COc1cccc(NC(=O)c2cc(F)cc(Br)c2)c1. The quantitative estimate of drug-likeness (QED) is 0.789. The van der Waals surface area contributed by atoms with Crippen LogP contribution in [0, 0.1) is 5.82 Å². The molecule has 126 valence electrons. The molecule has 0 aliphatic rings. The molecule has 5 nitrogen and oxygen atoms in total. The van der Waals surface area contributed by atoms with Gasteiger partial charge in [-0.15, -0.1) is 0 Å². The maximum absolute atomic E-state index is 13.4. The van der Waals surface area contributed by atoms with Crippen LogP contribution in [0.5, 0.6) is 5.75 Å².